The van der Waals surface area contributed by atoms with E-state index in [1.807, 2.05) is 13.8 Å². The van der Waals surface area contributed by atoms with Crippen molar-refractivity contribution in [3.63, 3.8) is 0 Å². The zero-order valence-corrected chi connectivity index (χ0v) is 10.9. The molecule has 0 saturated heterocycles. The van der Waals surface area contributed by atoms with Crippen molar-refractivity contribution in [2.75, 3.05) is 7.11 Å². The first kappa shape index (κ1) is 14.6. The van der Waals surface area contributed by atoms with E-state index in [0.29, 0.717) is 0 Å². The Morgan fingerprint density at radius 2 is 2.00 bits per heavy atom. The van der Waals surface area contributed by atoms with Gasteiger partial charge in [0, 0.05) is 17.7 Å². The maximum Gasteiger partial charge on any atom is 0.330 e. The number of ether oxygens (including phenoxy) is 1. The van der Waals surface area contributed by atoms with Gasteiger partial charge in [-0.05, 0) is 26.8 Å². The van der Waals surface area contributed by atoms with E-state index in [1.165, 1.54) is 20.1 Å². The predicted octanol–water partition coefficient (Wildman–Crippen LogP) is 2.35. The molecule has 1 aromatic rings. The minimum Gasteiger partial charge on any atom is -0.467 e. The van der Waals surface area contributed by atoms with Crippen LogP contribution in [0, 0.1) is 11.6 Å². The Morgan fingerprint density at radius 1 is 1.39 bits per heavy atom. The van der Waals surface area contributed by atoms with Gasteiger partial charge < -0.3 is 4.74 Å². The van der Waals surface area contributed by atoms with Crippen molar-refractivity contribution in [2.24, 2.45) is 0 Å². The van der Waals surface area contributed by atoms with Gasteiger partial charge in [-0.3, -0.25) is 5.32 Å². The summed E-state index contributed by atoms with van der Waals surface area (Å²) in [7, 11) is 1.23. The highest BCUT2D eigenvalue weighted by Gasteiger charge is 2.39. The van der Waals surface area contributed by atoms with Crippen LogP contribution in [0.15, 0.2) is 18.2 Å². The zero-order chi connectivity index (χ0) is 13.9. The van der Waals surface area contributed by atoms with Gasteiger partial charge in [-0.2, -0.15) is 0 Å². The Balaban J connectivity index is 3.29. The fourth-order valence-corrected chi connectivity index (χ4v) is 1.92. The van der Waals surface area contributed by atoms with Crippen LogP contribution in [0.5, 0.6) is 0 Å². The molecule has 0 bridgehead atoms. The molecule has 0 heterocycles. The Labute approximate surface area is 105 Å². The second-order valence-corrected chi connectivity index (χ2v) is 4.54. The van der Waals surface area contributed by atoms with Crippen LogP contribution in [-0.2, 0) is 15.1 Å². The fraction of sp³-hybridized carbons (Fsp3) is 0.462. The third-order valence-electron chi connectivity index (χ3n) is 2.64. The maximum absolute atomic E-state index is 13.8. The molecule has 1 N–H and O–H groups in total. The van der Waals surface area contributed by atoms with E-state index in [9.17, 15) is 13.6 Å². The number of halogens is 2. The average Bonchev–Trinajstić information content (AvgIpc) is 2.26. The van der Waals surface area contributed by atoms with Crippen LogP contribution in [0.2, 0.25) is 0 Å². The Bertz CT molecular complexity index is 449. The van der Waals surface area contributed by atoms with Crippen molar-refractivity contribution in [3.05, 3.63) is 35.4 Å². The average molecular weight is 257 g/mol. The van der Waals surface area contributed by atoms with Crippen LogP contribution >= 0.6 is 0 Å². The van der Waals surface area contributed by atoms with E-state index < -0.39 is 23.1 Å². The van der Waals surface area contributed by atoms with Gasteiger partial charge in [0.15, 0.2) is 0 Å². The molecule has 1 aromatic carbocycles. The van der Waals surface area contributed by atoms with Gasteiger partial charge in [0.2, 0.25) is 0 Å². The SMILES string of the molecule is COC(=O)C(C)(NC(C)C)c1ccc(F)cc1F. The lowest BCUT2D eigenvalue weighted by Gasteiger charge is -2.30. The molecule has 0 saturated carbocycles. The van der Waals surface area contributed by atoms with E-state index in [-0.39, 0.29) is 11.6 Å². The number of hydrogen-bond acceptors (Lipinski definition) is 3. The van der Waals surface area contributed by atoms with Crippen LogP contribution < -0.4 is 5.32 Å². The number of hydrogen-bond donors (Lipinski definition) is 1. The standard InChI is InChI=1S/C13H17F2NO2/c1-8(2)16-13(3,12(17)18-4)10-6-5-9(14)7-11(10)15/h5-8,16H,1-4H3. The minimum absolute atomic E-state index is 0.0597. The minimum atomic E-state index is -1.35. The molecule has 0 aliphatic rings. The zero-order valence-electron chi connectivity index (χ0n) is 10.9. The number of benzene rings is 1. The highest BCUT2D eigenvalue weighted by molar-refractivity contribution is 5.82. The van der Waals surface area contributed by atoms with Crippen molar-refractivity contribution >= 4 is 5.97 Å². The first-order valence-corrected chi connectivity index (χ1v) is 5.63. The van der Waals surface area contributed by atoms with Crippen molar-refractivity contribution in [1.29, 1.82) is 0 Å². The maximum atomic E-state index is 13.8. The lowest BCUT2D eigenvalue weighted by atomic mass is 9.90. The van der Waals surface area contributed by atoms with E-state index >= 15 is 0 Å². The summed E-state index contributed by atoms with van der Waals surface area (Å²) in [5.74, 6) is -2.09. The van der Waals surface area contributed by atoms with Crippen LogP contribution in [0.3, 0.4) is 0 Å². The molecular weight excluding hydrogens is 240 g/mol. The first-order chi connectivity index (χ1) is 8.31. The number of carbonyl (C=O) groups excluding carboxylic acids is 1. The summed E-state index contributed by atoms with van der Waals surface area (Å²) in [5, 5.41) is 2.95. The predicted molar refractivity (Wildman–Crippen MR) is 64.0 cm³/mol. The summed E-state index contributed by atoms with van der Waals surface area (Å²) in [6, 6.07) is 3.04. The quantitative estimate of drug-likeness (QED) is 0.841. The fourth-order valence-electron chi connectivity index (χ4n) is 1.92. The third kappa shape index (κ3) is 2.85. The summed E-state index contributed by atoms with van der Waals surface area (Å²) in [4.78, 5) is 11.9. The highest BCUT2D eigenvalue weighted by Crippen LogP contribution is 2.26. The molecule has 5 heteroatoms. The molecule has 0 aromatic heterocycles. The number of methoxy groups -OCH3 is 1. The smallest absolute Gasteiger partial charge is 0.330 e. The number of esters is 1. The van der Waals surface area contributed by atoms with Gasteiger partial charge in [-0.25, -0.2) is 13.6 Å². The number of carbonyl (C=O) groups is 1. The molecule has 0 amide bonds. The molecule has 0 spiro atoms. The molecule has 100 valence electrons. The second-order valence-electron chi connectivity index (χ2n) is 4.54. The Kier molecular flexibility index (Phi) is 4.40. The topological polar surface area (TPSA) is 38.3 Å². The molecule has 0 fully saturated rings. The lowest BCUT2D eigenvalue weighted by molar-refractivity contribution is -0.148. The van der Waals surface area contributed by atoms with E-state index in [4.69, 9.17) is 4.74 Å². The molecule has 18 heavy (non-hydrogen) atoms. The molecule has 0 aliphatic carbocycles. The molecule has 1 rings (SSSR count). The van der Waals surface area contributed by atoms with Gasteiger partial charge in [-0.1, -0.05) is 6.07 Å². The third-order valence-corrected chi connectivity index (χ3v) is 2.64. The van der Waals surface area contributed by atoms with E-state index in [1.54, 1.807) is 0 Å². The van der Waals surface area contributed by atoms with Crippen LogP contribution in [-0.4, -0.2) is 19.1 Å². The van der Waals surface area contributed by atoms with Crippen molar-refractivity contribution in [1.82, 2.24) is 5.32 Å². The highest BCUT2D eigenvalue weighted by atomic mass is 19.1. The molecule has 3 nitrogen and oxygen atoms in total. The molecule has 1 unspecified atom stereocenters. The van der Waals surface area contributed by atoms with Crippen LogP contribution in [0.1, 0.15) is 26.3 Å². The van der Waals surface area contributed by atoms with Crippen molar-refractivity contribution in [2.45, 2.75) is 32.4 Å². The molecule has 0 aliphatic heterocycles. The van der Waals surface area contributed by atoms with Gasteiger partial charge in [0.1, 0.15) is 17.2 Å². The van der Waals surface area contributed by atoms with Crippen molar-refractivity contribution in [3.8, 4) is 0 Å². The largest absolute Gasteiger partial charge is 0.467 e. The van der Waals surface area contributed by atoms with E-state index in [0.717, 1.165) is 12.1 Å². The molecule has 0 radical (unpaired) electrons. The van der Waals surface area contributed by atoms with Gasteiger partial charge in [0.25, 0.3) is 0 Å². The van der Waals surface area contributed by atoms with Crippen molar-refractivity contribution < 1.29 is 18.3 Å². The number of nitrogens with one attached hydrogen (secondary N) is 1. The van der Waals surface area contributed by atoms with Gasteiger partial charge in [0.05, 0.1) is 7.11 Å². The molecule has 1 atom stereocenters. The Morgan fingerprint density at radius 3 is 2.44 bits per heavy atom. The summed E-state index contributed by atoms with van der Waals surface area (Å²) in [6.45, 7) is 5.15. The summed E-state index contributed by atoms with van der Waals surface area (Å²) in [6.07, 6.45) is 0. The van der Waals surface area contributed by atoms with E-state index in [2.05, 4.69) is 5.32 Å². The van der Waals surface area contributed by atoms with Crippen LogP contribution in [0.4, 0.5) is 8.78 Å². The normalized spacial score (nSPS) is 14.4. The Hall–Kier alpha value is -1.49. The second kappa shape index (κ2) is 5.44. The number of rotatable bonds is 4. The summed E-state index contributed by atoms with van der Waals surface area (Å²) >= 11 is 0. The van der Waals surface area contributed by atoms with Crippen LogP contribution in [0.25, 0.3) is 0 Å². The monoisotopic (exact) mass is 257 g/mol. The van der Waals surface area contributed by atoms with Gasteiger partial charge in [-0.15, -0.1) is 0 Å². The molecular formula is C13H17F2NO2. The summed E-state index contributed by atoms with van der Waals surface area (Å²) in [5.41, 5.74) is -1.29. The van der Waals surface area contributed by atoms with Gasteiger partial charge >= 0.3 is 5.97 Å². The first-order valence-electron chi connectivity index (χ1n) is 5.63. The lowest BCUT2D eigenvalue weighted by Crippen LogP contribution is -2.50. The summed E-state index contributed by atoms with van der Waals surface area (Å²) < 4.78 is 31.4.